The van der Waals surface area contributed by atoms with Gasteiger partial charge in [0.2, 0.25) is 0 Å². The van der Waals surface area contributed by atoms with Gasteiger partial charge in [0.1, 0.15) is 12.2 Å². The van der Waals surface area contributed by atoms with E-state index in [2.05, 4.69) is 5.32 Å². The highest BCUT2D eigenvalue weighted by molar-refractivity contribution is 7.99. The third-order valence-corrected chi connectivity index (χ3v) is 6.66. The fraction of sp³-hybridized carbons (Fsp3) is 0.148. The van der Waals surface area contributed by atoms with Crippen LogP contribution in [0.5, 0.6) is 0 Å². The van der Waals surface area contributed by atoms with Gasteiger partial charge in [0.15, 0.2) is 0 Å². The molecule has 0 spiro atoms. The zero-order chi connectivity index (χ0) is 29.7. The zero-order valence-corrected chi connectivity index (χ0v) is 21.8. The molecule has 0 bridgehead atoms. The average molecular weight is 589 g/mol. The molecule has 0 radical (unpaired) electrons. The van der Waals surface area contributed by atoms with Crippen LogP contribution in [-0.4, -0.2) is 23.6 Å². The molecule has 1 amide bonds. The first-order chi connectivity index (χ1) is 19.5. The second kappa shape index (κ2) is 12.1. The SMILES string of the molecule is CCOC(=O)Nc1ccc2c(COC(=O)c3ccccc3Sc3ccc(C(F)(F)F)cc3[N+](=O)[O-])cc(=O)oc2c1. The molecule has 14 heteroatoms. The average Bonchev–Trinajstić information content (AvgIpc) is 2.91. The summed E-state index contributed by atoms with van der Waals surface area (Å²) in [5.74, 6) is -0.843. The molecule has 212 valence electrons. The van der Waals surface area contributed by atoms with Crippen molar-refractivity contribution < 1.29 is 41.6 Å². The molecule has 1 aromatic heterocycles. The summed E-state index contributed by atoms with van der Waals surface area (Å²) in [5.41, 5.74) is -1.96. The summed E-state index contributed by atoms with van der Waals surface area (Å²) in [5, 5.41) is 14.4. The van der Waals surface area contributed by atoms with Crippen LogP contribution in [0.2, 0.25) is 0 Å². The summed E-state index contributed by atoms with van der Waals surface area (Å²) in [7, 11) is 0. The van der Waals surface area contributed by atoms with Crippen molar-refractivity contribution >= 4 is 46.2 Å². The first-order valence-corrected chi connectivity index (χ1v) is 12.6. The van der Waals surface area contributed by atoms with Crippen molar-refractivity contribution in [1.82, 2.24) is 0 Å². The van der Waals surface area contributed by atoms with E-state index in [0.717, 1.165) is 30.0 Å². The molecule has 4 rings (SSSR count). The van der Waals surface area contributed by atoms with Crippen LogP contribution >= 0.6 is 11.8 Å². The number of nitrogens with zero attached hydrogens (tertiary/aromatic N) is 1. The summed E-state index contributed by atoms with van der Waals surface area (Å²) in [6, 6.07) is 13.7. The highest BCUT2D eigenvalue weighted by Gasteiger charge is 2.33. The lowest BCUT2D eigenvalue weighted by Crippen LogP contribution is -2.13. The van der Waals surface area contributed by atoms with Crippen LogP contribution in [0, 0.1) is 10.1 Å². The van der Waals surface area contributed by atoms with Gasteiger partial charge in [0.25, 0.3) is 5.69 Å². The Morgan fingerprint density at radius 2 is 1.78 bits per heavy atom. The van der Waals surface area contributed by atoms with E-state index < -0.39 is 40.0 Å². The smallest absolute Gasteiger partial charge is 0.416 e. The number of alkyl halides is 3. The van der Waals surface area contributed by atoms with Gasteiger partial charge in [-0.1, -0.05) is 23.9 Å². The molecule has 0 unspecified atom stereocenters. The van der Waals surface area contributed by atoms with E-state index in [1.165, 1.54) is 30.3 Å². The quantitative estimate of drug-likeness (QED) is 0.102. The van der Waals surface area contributed by atoms with Crippen LogP contribution in [0.15, 0.2) is 85.7 Å². The highest BCUT2D eigenvalue weighted by atomic mass is 32.2. The van der Waals surface area contributed by atoms with E-state index in [-0.39, 0.29) is 34.2 Å². The van der Waals surface area contributed by atoms with Crippen LogP contribution in [0.25, 0.3) is 11.0 Å². The first-order valence-electron chi connectivity index (χ1n) is 11.8. The second-order valence-corrected chi connectivity index (χ2v) is 9.34. The van der Waals surface area contributed by atoms with E-state index in [4.69, 9.17) is 13.9 Å². The highest BCUT2D eigenvalue weighted by Crippen LogP contribution is 2.40. The van der Waals surface area contributed by atoms with Crippen LogP contribution in [0.3, 0.4) is 0 Å². The Kier molecular flexibility index (Phi) is 8.62. The maximum Gasteiger partial charge on any atom is 0.416 e. The maximum absolute atomic E-state index is 13.1. The van der Waals surface area contributed by atoms with Gasteiger partial charge in [-0.05, 0) is 43.3 Å². The van der Waals surface area contributed by atoms with Gasteiger partial charge in [0.05, 0.1) is 27.6 Å². The molecule has 3 aromatic carbocycles. The molecular formula is C27H19F3N2O8S. The third kappa shape index (κ3) is 7.03. The van der Waals surface area contributed by atoms with Gasteiger partial charge in [-0.15, -0.1) is 0 Å². The van der Waals surface area contributed by atoms with Gasteiger partial charge in [-0.3, -0.25) is 15.4 Å². The van der Waals surface area contributed by atoms with E-state index >= 15 is 0 Å². The molecule has 0 fully saturated rings. The summed E-state index contributed by atoms with van der Waals surface area (Å²) in [4.78, 5) is 47.5. The Bertz CT molecular complexity index is 1700. The number of hydrogen-bond donors (Lipinski definition) is 1. The molecule has 0 atom stereocenters. The van der Waals surface area contributed by atoms with Crippen LogP contribution < -0.4 is 10.9 Å². The number of amides is 1. The number of fused-ring (bicyclic) bond motifs is 1. The second-order valence-electron chi connectivity index (χ2n) is 8.26. The Hall–Kier alpha value is -4.85. The number of esters is 1. The number of anilines is 1. The van der Waals surface area contributed by atoms with Gasteiger partial charge in [0, 0.05) is 39.7 Å². The van der Waals surface area contributed by atoms with Gasteiger partial charge in [-0.2, -0.15) is 13.2 Å². The van der Waals surface area contributed by atoms with E-state index in [9.17, 15) is 37.7 Å². The molecule has 1 heterocycles. The number of nitro groups is 1. The minimum atomic E-state index is -4.77. The van der Waals surface area contributed by atoms with Gasteiger partial charge in [-0.25, -0.2) is 14.4 Å². The first kappa shape index (κ1) is 29.1. The summed E-state index contributed by atoms with van der Waals surface area (Å²) >= 11 is 0.734. The van der Waals surface area contributed by atoms with Crippen molar-refractivity contribution in [2.24, 2.45) is 0 Å². The Balaban J connectivity index is 1.56. The van der Waals surface area contributed by atoms with Crippen LogP contribution in [0.4, 0.5) is 29.3 Å². The predicted octanol–water partition coefficient (Wildman–Crippen LogP) is 6.80. The molecule has 0 saturated carbocycles. The van der Waals surface area contributed by atoms with Crippen LogP contribution in [-0.2, 0) is 22.3 Å². The standard InChI is InChI=1S/C27H19F3N2O8S/c1-2-38-26(35)31-17-8-9-18-15(11-24(33)40-21(18)13-17)14-39-25(34)19-5-3-4-6-22(19)41-23-10-7-16(27(28,29)30)12-20(23)32(36)37/h3-13H,2,14H2,1H3,(H,31,35). The van der Waals surface area contributed by atoms with E-state index in [1.54, 1.807) is 19.1 Å². The van der Waals surface area contributed by atoms with Crippen LogP contribution in [0.1, 0.15) is 28.4 Å². The van der Waals surface area contributed by atoms with Gasteiger partial charge < -0.3 is 13.9 Å². The lowest BCUT2D eigenvalue weighted by atomic mass is 10.1. The zero-order valence-electron chi connectivity index (χ0n) is 21.0. The minimum Gasteiger partial charge on any atom is -0.457 e. The number of halogens is 3. The normalized spacial score (nSPS) is 11.2. The molecule has 10 nitrogen and oxygen atoms in total. The molecule has 0 aliphatic rings. The molecule has 1 N–H and O–H groups in total. The molecule has 0 aliphatic carbocycles. The topological polar surface area (TPSA) is 138 Å². The number of carbonyl (C=O) groups excluding carboxylic acids is 2. The Labute approximate surface area is 233 Å². The fourth-order valence-corrected chi connectivity index (χ4v) is 4.72. The van der Waals surface area contributed by atoms with Gasteiger partial charge >= 0.3 is 23.9 Å². The predicted molar refractivity (Wildman–Crippen MR) is 141 cm³/mol. The molecule has 0 saturated heterocycles. The number of hydrogen-bond acceptors (Lipinski definition) is 9. The number of benzene rings is 3. The Morgan fingerprint density at radius 3 is 2.49 bits per heavy atom. The number of ether oxygens (including phenoxy) is 2. The molecule has 0 aliphatic heterocycles. The molecule has 4 aromatic rings. The van der Waals surface area contributed by atoms with Crippen molar-refractivity contribution in [2.75, 3.05) is 11.9 Å². The van der Waals surface area contributed by atoms with E-state index in [0.29, 0.717) is 22.7 Å². The third-order valence-electron chi connectivity index (χ3n) is 5.52. The van der Waals surface area contributed by atoms with E-state index in [1.807, 2.05) is 0 Å². The Morgan fingerprint density at radius 1 is 1.02 bits per heavy atom. The lowest BCUT2D eigenvalue weighted by Gasteiger charge is -2.12. The van der Waals surface area contributed by atoms with Crippen molar-refractivity contribution in [3.05, 3.63) is 104 Å². The largest absolute Gasteiger partial charge is 0.457 e. The van der Waals surface area contributed by atoms with Crippen molar-refractivity contribution in [2.45, 2.75) is 29.5 Å². The molecular weight excluding hydrogens is 569 g/mol. The number of carbonyl (C=O) groups is 2. The van der Waals surface area contributed by atoms with Crippen molar-refractivity contribution in [3.63, 3.8) is 0 Å². The summed E-state index contributed by atoms with van der Waals surface area (Å²) < 4.78 is 54.6. The van der Waals surface area contributed by atoms with Crippen molar-refractivity contribution in [1.29, 1.82) is 0 Å². The lowest BCUT2D eigenvalue weighted by molar-refractivity contribution is -0.388. The fourth-order valence-electron chi connectivity index (χ4n) is 3.70. The van der Waals surface area contributed by atoms with Crippen molar-refractivity contribution in [3.8, 4) is 0 Å². The number of rotatable bonds is 8. The number of nitro benzene ring substituents is 1. The minimum absolute atomic E-state index is 0.000102. The number of nitrogens with one attached hydrogen (secondary N) is 1. The summed E-state index contributed by atoms with van der Waals surface area (Å²) in [6.45, 7) is 1.44. The monoisotopic (exact) mass is 588 g/mol. The maximum atomic E-state index is 13.1. The molecule has 41 heavy (non-hydrogen) atoms. The summed E-state index contributed by atoms with van der Waals surface area (Å²) in [6.07, 6.45) is -5.47.